The molecule has 0 aromatic rings. The van der Waals surface area contributed by atoms with Crippen molar-refractivity contribution < 1.29 is 23.5 Å². The van der Waals surface area contributed by atoms with E-state index >= 15 is 0 Å². The number of hydrogen-bond donors (Lipinski definition) is 4. The number of alkyl halides is 2. The Balaban J connectivity index is 5.05. The number of nitrogens with two attached hydrogens (primary N) is 1. The summed E-state index contributed by atoms with van der Waals surface area (Å²) in [6.07, 6.45) is -2.17. The molecule has 0 aliphatic heterocycles. The van der Waals surface area contributed by atoms with Gasteiger partial charge in [0.25, 0.3) is 5.91 Å². The van der Waals surface area contributed by atoms with Gasteiger partial charge >= 0.3 is 5.92 Å². The largest absolute Gasteiger partial charge is 0.385 e. The van der Waals surface area contributed by atoms with E-state index < -0.39 is 35.9 Å². The average Bonchev–Trinajstić information content (AvgIpc) is 2.42. The third-order valence-corrected chi connectivity index (χ3v) is 3.41. The van der Waals surface area contributed by atoms with Crippen LogP contribution < -0.4 is 16.4 Å². The smallest absolute Gasteiger partial charge is 0.351 e. The summed E-state index contributed by atoms with van der Waals surface area (Å²) in [6.45, 7) is 8.79. The molecule has 8 heteroatoms. The quantitative estimate of drug-likeness (QED) is 0.495. The lowest BCUT2D eigenvalue weighted by Crippen LogP contribution is -2.60. The fourth-order valence-electron chi connectivity index (χ4n) is 2.13. The number of likely N-dealkylation sites (N-methyl/N-ethyl adjacent to an activating group) is 1. The number of rotatable bonds is 9. The van der Waals surface area contributed by atoms with Crippen LogP contribution in [0.25, 0.3) is 0 Å². The highest BCUT2D eigenvalue weighted by Gasteiger charge is 2.50. The van der Waals surface area contributed by atoms with Crippen LogP contribution in [0.3, 0.4) is 0 Å². The van der Waals surface area contributed by atoms with Crippen molar-refractivity contribution in [3.05, 3.63) is 0 Å². The van der Waals surface area contributed by atoms with Gasteiger partial charge in [0.1, 0.15) is 12.1 Å². The molecule has 0 saturated heterocycles. The van der Waals surface area contributed by atoms with E-state index in [4.69, 9.17) is 5.73 Å². The lowest BCUT2D eigenvalue weighted by Gasteiger charge is -2.29. The van der Waals surface area contributed by atoms with Gasteiger partial charge in [-0.1, -0.05) is 27.7 Å². The van der Waals surface area contributed by atoms with Crippen molar-refractivity contribution in [1.82, 2.24) is 10.6 Å². The molecule has 6 nitrogen and oxygen atoms in total. The predicted octanol–water partition coefficient (Wildman–Crippen LogP) is 0.633. The highest BCUT2D eigenvalue weighted by Crippen LogP contribution is 2.24. The maximum Gasteiger partial charge on any atom is 0.351 e. The zero-order valence-corrected chi connectivity index (χ0v) is 14.4. The van der Waals surface area contributed by atoms with E-state index in [1.807, 2.05) is 5.32 Å². The topological polar surface area (TPSA) is 104 Å². The molecule has 0 saturated carbocycles. The summed E-state index contributed by atoms with van der Waals surface area (Å²) in [7, 11) is 0. The minimum absolute atomic E-state index is 0.00254. The van der Waals surface area contributed by atoms with E-state index in [2.05, 4.69) is 5.32 Å². The highest BCUT2D eigenvalue weighted by molar-refractivity contribution is 5.91. The first-order chi connectivity index (χ1) is 10.4. The Morgan fingerprint density at radius 1 is 1.22 bits per heavy atom. The Labute approximate surface area is 136 Å². The number of aliphatic hydroxyl groups excluding tert-OH is 1. The van der Waals surface area contributed by atoms with E-state index in [0.717, 1.165) is 0 Å². The van der Waals surface area contributed by atoms with Gasteiger partial charge in [-0.15, -0.1) is 0 Å². The first kappa shape index (κ1) is 21.7. The summed E-state index contributed by atoms with van der Waals surface area (Å²) < 4.78 is 28.2. The second-order valence-electron chi connectivity index (χ2n) is 6.45. The molecule has 0 unspecified atom stereocenters. The van der Waals surface area contributed by atoms with Gasteiger partial charge in [0.05, 0.1) is 0 Å². The fraction of sp³-hybridized carbons (Fsp3) is 0.867. The second kappa shape index (κ2) is 9.12. The maximum absolute atomic E-state index is 14.1. The van der Waals surface area contributed by atoms with Crippen molar-refractivity contribution in [3.63, 3.8) is 0 Å². The average molecular weight is 337 g/mol. The van der Waals surface area contributed by atoms with Crippen molar-refractivity contribution in [3.8, 4) is 0 Å². The molecule has 23 heavy (non-hydrogen) atoms. The predicted molar refractivity (Wildman–Crippen MR) is 83.8 cm³/mol. The first-order valence-corrected chi connectivity index (χ1v) is 7.85. The molecule has 0 radical (unpaired) electrons. The van der Waals surface area contributed by atoms with Crippen LogP contribution in [0.1, 0.15) is 41.0 Å². The summed E-state index contributed by atoms with van der Waals surface area (Å²) in [5.74, 6) is -6.71. The molecule has 5 N–H and O–H groups in total. The molecule has 0 aromatic heterocycles. The number of halogens is 2. The van der Waals surface area contributed by atoms with Crippen LogP contribution in [0.2, 0.25) is 0 Å². The zero-order valence-electron chi connectivity index (χ0n) is 14.4. The summed E-state index contributed by atoms with van der Waals surface area (Å²) in [6, 6.07) is -2.35. The molecular formula is C15H29F2N3O3. The second-order valence-corrected chi connectivity index (χ2v) is 6.45. The number of amides is 2. The zero-order chi connectivity index (χ0) is 18.4. The van der Waals surface area contributed by atoms with Crippen LogP contribution >= 0.6 is 0 Å². The van der Waals surface area contributed by atoms with Crippen molar-refractivity contribution >= 4 is 11.8 Å². The number of nitrogens with one attached hydrogen (secondary N) is 2. The van der Waals surface area contributed by atoms with E-state index in [1.54, 1.807) is 34.6 Å². The molecule has 136 valence electrons. The normalized spacial score (nSPS) is 16.1. The molecule has 0 rings (SSSR count). The molecular weight excluding hydrogens is 308 g/mol. The number of carbonyl (C=O) groups is 2. The van der Waals surface area contributed by atoms with Crippen LogP contribution in [0, 0.1) is 11.8 Å². The summed E-state index contributed by atoms with van der Waals surface area (Å²) in [5.41, 5.74) is 5.55. The van der Waals surface area contributed by atoms with Crippen LogP contribution in [0.4, 0.5) is 8.78 Å². The van der Waals surface area contributed by atoms with Gasteiger partial charge in [-0.3, -0.25) is 9.59 Å². The van der Waals surface area contributed by atoms with Gasteiger partial charge in [0.15, 0.2) is 0 Å². The van der Waals surface area contributed by atoms with Gasteiger partial charge in [0, 0.05) is 12.6 Å². The van der Waals surface area contributed by atoms with Crippen LogP contribution in [0.15, 0.2) is 0 Å². The van der Waals surface area contributed by atoms with E-state index in [-0.39, 0.29) is 18.3 Å². The lowest BCUT2D eigenvalue weighted by atomic mass is 9.95. The van der Waals surface area contributed by atoms with Crippen molar-refractivity contribution in [2.75, 3.05) is 6.54 Å². The fourth-order valence-corrected chi connectivity index (χ4v) is 2.13. The molecule has 0 heterocycles. The molecule has 0 aliphatic carbocycles. The number of aliphatic hydroxyl groups is 1. The van der Waals surface area contributed by atoms with E-state index in [9.17, 15) is 23.5 Å². The van der Waals surface area contributed by atoms with Gasteiger partial charge in [-0.2, -0.15) is 8.78 Å². The van der Waals surface area contributed by atoms with E-state index in [1.165, 1.54) is 0 Å². The molecule has 0 aliphatic rings. The standard InChI is InChI=1S/C15H29F2N3O3/c1-6-19-13(22)11(9(4)5)20-14(23)15(16,17)12(21)10(18)7-8(2)3/h8-12,21H,6-7,18H2,1-5H3,(H,19,22)(H,20,23)/t10-,11-,12+/m0/s1. The summed E-state index contributed by atoms with van der Waals surface area (Å²) in [5, 5.41) is 14.2. The summed E-state index contributed by atoms with van der Waals surface area (Å²) in [4.78, 5) is 23.7. The Morgan fingerprint density at radius 3 is 2.13 bits per heavy atom. The van der Waals surface area contributed by atoms with Crippen molar-refractivity contribution in [2.45, 2.75) is 65.1 Å². The molecule has 2 amide bonds. The summed E-state index contributed by atoms with van der Waals surface area (Å²) >= 11 is 0. The maximum atomic E-state index is 14.1. The minimum atomic E-state index is -4.08. The van der Waals surface area contributed by atoms with E-state index in [0.29, 0.717) is 6.54 Å². The Bertz CT molecular complexity index is 403. The lowest BCUT2D eigenvalue weighted by molar-refractivity contribution is -0.168. The van der Waals surface area contributed by atoms with Crippen molar-refractivity contribution in [2.24, 2.45) is 17.6 Å². The van der Waals surface area contributed by atoms with Crippen LogP contribution in [-0.2, 0) is 9.59 Å². The Hall–Kier alpha value is -1.28. The minimum Gasteiger partial charge on any atom is -0.385 e. The van der Waals surface area contributed by atoms with Crippen LogP contribution in [-0.4, -0.2) is 47.6 Å². The molecule has 0 fully saturated rings. The van der Waals surface area contributed by atoms with Gasteiger partial charge < -0.3 is 21.5 Å². The van der Waals surface area contributed by atoms with Gasteiger partial charge in [0.2, 0.25) is 5.91 Å². The third kappa shape index (κ3) is 6.39. The molecule has 0 aromatic carbocycles. The SMILES string of the molecule is CCNC(=O)[C@@H](NC(=O)C(F)(F)[C@H](O)[C@@H](N)CC(C)C)C(C)C. The Morgan fingerprint density at radius 2 is 1.74 bits per heavy atom. The van der Waals surface area contributed by atoms with Crippen LogP contribution in [0.5, 0.6) is 0 Å². The highest BCUT2D eigenvalue weighted by atomic mass is 19.3. The number of hydrogen-bond acceptors (Lipinski definition) is 4. The molecule has 3 atom stereocenters. The van der Waals surface area contributed by atoms with Gasteiger partial charge in [-0.05, 0) is 25.2 Å². The molecule has 0 spiro atoms. The van der Waals surface area contributed by atoms with Gasteiger partial charge in [-0.25, -0.2) is 0 Å². The Kier molecular flexibility index (Phi) is 8.61. The van der Waals surface area contributed by atoms with Crippen molar-refractivity contribution in [1.29, 1.82) is 0 Å². The first-order valence-electron chi connectivity index (χ1n) is 7.85. The number of carbonyl (C=O) groups excluding carboxylic acids is 2. The molecule has 0 bridgehead atoms. The monoisotopic (exact) mass is 337 g/mol. The third-order valence-electron chi connectivity index (χ3n) is 3.41.